The fourth-order valence-electron chi connectivity index (χ4n) is 2.83. The number of hydrogen-bond acceptors (Lipinski definition) is 9. The normalized spacial score (nSPS) is 10.5. The summed E-state index contributed by atoms with van der Waals surface area (Å²) in [6.45, 7) is 1.96. The molecule has 2 heterocycles. The van der Waals surface area contributed by atoms with Crippen LogP contribution in [0.5, 0.6) is 5.75 Å². The maximum Gasteiger partial charge on any atom is 0.374 e. The number of carbonyl (C=O) groups is 1. The number of carbonyl (C=O) groups excluding carboxylic acids is 1. The van der Waals surface area contributed by atoms with Gasteiger partial charge in [0, 0.05) is 5.69 Å². The molecule has 0 amide bonds. The molecule has 0 atom stereocenters. The number of ether oxygens (including phenoxy) is 2. The van der Waals surface area contributed by atoms with Gasteiger partial charge in [-0.1, -0.05) is 36.4 Å². The first-order valence-corrected chi connectivity index (χ1v) is 9.83. The summed E-state index contributed by atoms with van der Waals surface area (Å²) in [5.74, 6) is 1.09. The summed E-state index contributed by atoms with van der Waals surface area (Å²) >= 11 is 0. The average molecular weight is 431 g/mol. The molecular formula is C23H21N5O4. The Labute approximate surface area is 184 Å². The molecule has 9 nitrogen and oxygen atoms in total. The van der Waals surface area contributed by atoms with E-state index in [1.54, 1.807) is 6.07 Å². The zero-order chi connectivity index (χ0) is 22.3. The average Bonchev–Trinajstić information content (AvgIpc) is 3.27. The van der Waals surface area contributed by atoms with Crippen LogP contribution in [0.25, 0.3) is 0 Å². The van der Waals surface area contributed by atoms with Crippen molar-refractivity contribution in [3.05, 3.63) is 89.6 Å². The summed E-state index contributed by atoms with van der Waals surface area (Å²) in [6.07, 6.45) is 0. The van der Waals surface area contributed by atoms with Crippen molar-refractivity contribution >= 4 is 23.6 Å². The van der Waals surface area contributed by atoms with Gasteiger partial charge in [-0.25, -0.2) is 4.79 Å². The molecule has 4 aromatic rings. The highest BCUT2D eigenvalue weighted by Gasteiger charge is 2.15. The third-order valence-electron chi connectivity index (χ3n) is 4.41. The van der Waals surface area contributed by atoms with Crippen molar-refractivity contribution in [2.24, 2.45) is 0 Å². The number of benzene rings is 2. The number of nitrogen functional groups attached to an aromatic ring is 1. The second-order valence-corrected chi connectivity index (χ2v) is 6.82. The molecule has 0 spiro atoms. The lowest BCUT2D eigenvalue weighted by Gasteiger charge is -2.09. The fourth-order valence-corrected chi connectivity index (χ4v) is 2.83. The molecule has 0 bridgehead atoms. The Kier molecular flexibility index (Phi) is 6.26. The van der Waals surface area contributed by atoms with Gasteiger partial charge in [-0.15, -0.1) is 0 Å². The highest BCUT2D eigenvalue weighted by Crippen LogP contribution is 2.18. The molecule has 0 fully saturated rings. The van der Waals surface area contributed by atoms with E-state index < -0.39 is 5.97 Å². The topological polar surface area (TPSA) is 125 Å². The Bertz CT molecular complexity index is 1210. The van der Waals surface area contributed by atoms with Crippen LogP contribution in [-0.2, 0) is 18.0 Å². The number of para-hydroxylation sites is 2. The van der Waals surface area contributed by atoms with Crippen LogP contribution in [0.1, 0.15) is 27.7 Å². The van der Waals surface area contributed by atoms with E-state index in [2.05, 4.69) is 20.3 Å². The highest BCUT2D eigenvalue weighted by atomic mass is 16.5. The summed E-state index contributed by atoms with van der Waals surface area (Å²) in [5, 5.41) is 3.09. The second kappa shape index (κ2) is 9.61. The van der Waals surface area contributed by atoms with Crippen LogP contribution in [0.15, 0.2) is 71.1 Å². The summed E-state index contributed by atoms with van der Waals surface area (Å²) in [5.41, 5.74) is 7.63. The number of aromatic nitrogens is 3. The van der Waals surface area contributed by atoms with Crippen LogP contribution in [0.2, 0.25) is 0 Å². The summed E-state index contributed by atoms with van der Waals surface area (Å²) in [6, 6.07) is 20.2. The Morgan fingerprint density at radius 1 is 0.969 bits per heavy atom. The van der Waals surface area contributed by atoms with Crippen molar-refractivity contribution in [1.29, 1.82) is 0 Å². The third-order valence-corrected chi connectivity index (χ3v) is 4.41. The van der Waals surface area contributed by atoms with E-state index in [-0.39, 0.29) is 36.7 Å². The molecule has 32 heavy (non-hydrogen) atoms. The van der Waals surface area contributed by atoms with E-state index in [4.69, 9.17) is 19.6 Å². The van der Waals surface area contributed by atoms with Crippen LogP contribution in [0.3, 0.4) is 0 Å². The Balaban J connectivity index is 1.35. The van der Waals surface area contributed by atoms with Crippen molar-refractivity contribution in [2.45, 2.75) is 20.1 Å². The van der Waals surface area contributed by atoms with E-state index in [1.807, 2.05) is 61.5 Å². The predicted octanol–water partition coefficient (Wildman–Crippen LogP) is 4.03. The Morgan fingerprint density at radius 2 is 1.75 bits per heavy atom. The van der Waals surface area contributed by atoms with Crippen molar-refractivity contribution in [2.75, 3.05) is 11.1 Å². The number of anilines is 3. The molecule has 0 aliphatic rings. The lowest BCUT2D eigenvalue weighted by Crippen LogP contribution is -2.11. The van der Waals surface area contributed by atoms with Gasteiger partial charge in [0.1, 0.15) is 18.1 Å². The summed E-state index contributed by atoms with van der Waals surface area (Å²) in [7, 11) is 0. The van der Waals surface area contributed by atoms with Gasteiger partial charge in [0.15, 0.2) is 12.4 Å². The van der Waals surface area contributed by atoms with Gasteiger partial charge in [0.25, 0.3) is 0 Å². The zero-order valence-corrected chi connectivity index (χ0v) is 17.3. The molecule has 0 unspecified atom stereocenters. The molecule has 0 radical (unpaired) electrons. The first-order valence-electron chi connectivity index (χ1n) is 9.83. The fraction of sp³-hybridized carbons (Fsp3) is 0.130. The molecule has 162 valence electrons. The van der Waals surface area contributed by atoms with Gasteiger partial charge < -0.3 is 24.9 Å². The molecule has 0 saturated carbocycles. The summed E-state index contributed by atoms with van der Waals surface area (Å²) < 4.78 is 16.4. The number of nitrogens with zero attached hydrogens (tertiary/aromatic N) is 3. The van der Waals surface area contributed by atoms with Crippen molar-refractivity contribution in [3.63, 3.8) is 0 Å². The van der Waals surface area contributed by atoms with Gasteiger partial charge in [0.2, 0.25) is 17.7 Å². The van der Waals surface area contributed by atoms with E-state index in [1.165, 1.54) is 6.07 Å². The van der Waals surface area contributed by atoms with E-state index in [0.717, 1.165) is 11.3 Å². The maximum absolute atomic E-state index is 12.3. The van der Waals surface area contributed by atoms with Gasteiger partial charge in [0.05, 0.1) is 0 Å². The van der Waals surface area contributed by atoms with Crippen LogP contribution >= 0.6 is 0 Å². The quantitative estimate of drug-likeness (QED) is 0.398. The molecule has 2 aromatic carbocycles. The first kappa shape index (κ1) is 20.9. The minimum atomic E-state index is -0.650. The molecular weight excluding hydrogens is 410 g/mol. The standard InChI is InChI=1S/C23H21N5O4/c1-15-7-5-6-10-18(15)25-23-27-20(26-22(24)28-23)14-31-21(29)19-12-11-17(32-19)13-30-16-8-3-2-4-9-16/h2-12H,13-14H2,1H3,(H3,24,25,26,27,28). The number of esters is 1. The molecule has 2 aromatic heterocycles. The van der Waals surface area contributed by atoms with Gasteiger partial charge >= 0.3 is 5.97 Å². The maximum atomic E-state index is 12.3. The minimum absolute atomic E-state index is 0.0143. The summed E-state index contributed by atoms with van der Waals surface area (Å²) in [4.78, 5) is 24.7. The van der Waals surface area contributed by atoms with Crippen LogP contribution in [0.4, 0.5) is 17.6 Å². The number of rotatable bonds is 8. The lowest BCUT2D eigenvalue weighted by atomic mass is 10.2. The van der Waals surface area contributed by atoms with Gasteiger partial charge in [-0.3, -0.25) is 0 Å². The molecule has 0 aliphatic heterocycles. The van der Waals surface area contributed by atoms with Crippen molar-refractivity contribution < 1.29 is 18.7 Å². The predicted molar refractivity (Wildman–Crippen MR) is 117 cm³/mol. The van der Waals surface area contributed by atoms with Gasteiger partial charge in [-0.05, 0) is 42.8 Å². The Hall–Kier alpha value is -4.40. The lowest BCUT2D eigenvalue weighted by molar-refractivity contribution is 0.0421. The van der Waals surface area contributed by atoms with Crippen LogP contribution in [-0.4, -0.2) is 20.9 Å². The third kappa shape index (κ3) is 5.39. The number of hydrogen-bond donors (Lipinski definition) is 2. The second-order valence-electron chi connectivity index (χ2n) is 6.82. The number of aryl methyl sites for hydroxylation is 1. The largest absolute Gasteiger partial charge is 0.486 e. The number of nitrogens with one attached hydrogen (secondary N) is 1. The smallest absolute Gasteiger partial charge is 0.374 e. The van der Waals surface area contributed by atoms with E-state index >= 15 is 0 Å². The number of nitrogens with two attached hydrogens (primary N) is 1. The monoisotopic (exact) mass is 431 g/mol. The Morgan fingerprint density at radius 3 is 2.56 bits per heavy atom. The highest BCUT2D eigenvalue weighted by molar-refractivity contribution is 5.86. The molecule has 0 saturated heterocycles. The van der Waals surface area contributed by atoms with Crippen LogP contribution in [0, 0.1) is 6.92 Å². The SMILES string of the molecule is Cc1ccccc1Nc1nc(N)nc(COC(=O)c2ccc(COc3ccccc3)o2)n1. The van der Waals surface area contributed by atoms with Gasteiger partial charge in [-0.2, -0.15) is 15.0 Å². The number of furan rings is 1. The van der Waals surface area contributed by atoms with Crippen molar-refractivity contribution in [3.8, 4) is 5.75 Å². The molecule has 9 heteroatoms. The minimum Gasteiger partial charge on any atom is -0.486 e. The van der Waals surface area contributed by atoms with Crippen LogP contribution < -0.4 is 15.8 Å². The van der Waals surface area contributed by atoms with E-state index in [9.17, 15) is 4.79 Å². The zero-order valence-electron chi connectivity index (χ0n) is 17.3. The first-order chi connectivity index (χ1) is 15.6. The van der Waals surface area contributed by atoms with Crippen molar-refractivity contribution in [1.82, 2.24) is 15.0 Å². The molecule has 3 N–H and O–H groups in total. The molecule has 0 aliphatic carbocycles. The molecule has 4 rings (SSSR count). The van der Waals surface area contributed by atoms with E-state index in [0.29, 0.717) is 11.5 Å².